The van der Waals surface area contributed by atoms with Gasteiger partial charge in [0.2, 0.25) is 11.7 Å². The predicted molar refractivity (Wildman–Crippen MR) is 176 cm³/mol. The highest BCUT2D eigenvalue weighted by molar-refractivity contribution is 6.39. The van der Waals surface area contributed by atoms with E-state index in [1.165, 1.54) is 0 Å². The first-order valence-electron chi connectivity index (χ1n) is 14.6. The van der Waals surface area contributed by atoms with Crippen LogP contribution in [-0.4, -0.2) is 56.8 Å². The normalized spacial score (nSPS) is 15.9. The van der Waals surface area contributed by atoms with Crippen LogP contribution >= 0.6 is 23.2 Å². The average molecular weight is 639 g/mol. The topological polar surface area (TPSA) is 114 Å². The second-order valence-corrected chi connectivity index (χ2v) is 12.6. The third-order valence-electron chi connectivity index (χ3n) is 7.15. The number of amides is 2. The molecule has 1 atom stereocenters. The Kier molecular flexibility index (Phi) is 9.06. The van der Waals surface area contributed by atoms with Gasteiger partial charge in [-0.15, -0.1) is 0 Å². The van der Waals surface area contributed by atoms with E-state index in [4.69, 9.17) is 37.7 Å². The van der Waals surface area contributed by atoms with Crippen LogP contribution in [0.3, 0.4) is 0 Å². The first kappa shape index (κ1) is 31.6. The molecule has 12 heteroatoms. The summed E-state index contributed by atoms with van der Waals surface area (Å²) in [7, 11) is 0. The molecule has 0 fully saturated rings. The number of nitrogens with zero attached hydrogens (tertiary/aromatic N) is 4. The van der Waals surface area contributed by atoms with Crippen molar-refractivity contribution in [2.24, 2.45) is 0 Å². The zero-order valence-electron chi connectivity index (χ0n) is 25.7. The summed E-state index contributed by atoms with van der Waals surface area (Å²) in [4.78, 5) is 29.0. The third kappa shape index (κ3) is 7.26. The van der Waals surface area contributed by atoms with Crippen molar-refractivity contribution in [3.63, 3.8) is 0 Å². The van der Waals surface area contributed by atoms with Crippen LogP contribution in [0.15, 0.2) is 48.7 Å². The standard InChI is InChI=1S/C32H37Cl2N7O3/c1-7-41(8-2)15-14-32(6)43-24-13-12-20(17-25(24)44-32)36-29-35-18-19-16-21(26-22(33)10-9-11-23(26)34)28(37-27(19)38-29)39-30(42)40-31(3,4)5/h9-13,16-18H,7-8,14-15H2,1-6H3,(H3,35,36,37,38,39,40,42). The number of anilines is 3. The number of hydrogen-bond donors (Lipinski definition) is 3. The Balaban J connectivity index is 1.42. The number of carbonyl (C=O) groups is 1. The van der Waals surface area contributed by atoms with E-state index in [9.17, 15) is 4.79 Å². The molecule has 232 valence electrons. The summed E-state index contributed by atoms with van der Waals surface area (Å²) in [6.07, 6.45) is 2.39. The lowest BCUT2D eigenvalue weighted by molar-refractivity contribution is -0.0728. The highest BCUT2D eigenvalue weighted by atomic mass is 35.5. The van der Waals surface area contributed by atoms with Crippen LogP contribution in [0, 0.1) is 0 Å². The Morgan fingerprint density at radius 3 is 2.39 bits per heavy atom. The van der Waals surface area contributed by atoms with Crippen molar-refractivity contribution < 1.29 is 14.3 Å². The van der Waals surface area contributed by atoms with Crippen molar-refractivity contribution in [3.8, 4) is 22.6 Å². The maximum absolute atomic E-state index is 12.9. The van der Waals surface area contributed by atoms with Gasteiger partial charge in [-0.25, -0.2) is 14.8 Å². The minimum atomic E-state index is -0.738. The zero-order chi connectivity index (χ0) is 31.6. The summed E-state index contributed by atoms with van der Waals surface area (Å²) >= 11 is 13.1. The first-order chi connectivity index (χ1) is 20.9. The summed E-state index contributed by atoms with van der Waals surface area (Å²) in [5.41, 5.74) is 1.71. The zero-order valence-corrected chi connectivity index (χ0v) is 27.2. The summed E-state index contributed by atoms with van der Waals surface area (Å²) in [6, 6.07) is 12.2. The number of carbonyl (C=O) groups excluding carboxylic acids is 1. The molecule has 0 saturated carbocycles. The number of nitrogens with one attached hydrogen (secondary N) is 3. The number of halogens is 2. The molecule has 5 rings (SSSR count). The molecule has 1 unspecified atom stereocenters. The fourth-order valence-corrected chi connectivity index (χ4v) is 5.51. The number of hydrogen-bond acceptors (Lipinski definition) is 8. The van der Waals surface area contributed by atoms with E-state index in [0.717, 1.165) is 31.7 Å². The van der Waals surface area contributed by atoms with Gasteiger partial charge in [0.15, 0.2) is 17.1 Å². The van der Waals surface area contributed by atoms with Gasteiger partial charge in [0.1, 0.15) is 5.82 Å². The van der Waals surface area contributed by atoms with Gasteiger partial charge in [0.25, 0.3) is 0 Å². The minimum absolute atomic E-state index is 0.256. The first-order valence-corrected chi connectivity index (χ1v) is 15.3. The van der Waals surface area contributed by atoms with Gasteiger partial charge in [-0.05, 0) is 64.2 Å². The third-order valence-corrected chi connectivity index (χ3v) is 7.78. The number of benzene rings is 2. The Bertz CT molecular complexity index is 1670. The molecule has 3 N–H and O–H groups in total. The second-order valence-electron chi connectivity index (χ2n) is 11.8. The van der Waals surface area contributed by atoms with E-state index >= 15 is 0 Å². The molecule has 2 aromatic carbocycles. The predicted octanol–water partition coefficient (Wildman–Crippen LogP) is 7.88. The Labute approximate surface area is 267 Å². The Morgan fingerprint density at radius 2 is 1.70 bits per heavy atom. The summed E-state index contributed by atoms with van der Waals surface area (Å²) in [5.74, 6) is 1.17. The maximum atomic E-state index is 12.9. The molecule has 0 aliphatic carbocycles. The molecule has 0 radical (unpaired) electrons. The van der Waals surface area contributed by atoms with Gasteiger partial charge < -0.3 is 25.0 Å². The van der Waals surface area contributed by atoms with E-state index in [2.05, 4.69) is 44.7 Å². The summed E-state index contributed by atoms with van der Waals surface area (Å²) < 4.78 is 12.4. The van der Waals surface area contributed by atoms with Gasteiger partial charge in [-0.1, -0.05) is 43.1 Å². The quantitative estimate of drug-likeness (QED) is 0.170. The smallest absolute Gasteiger partial charge is 0.320 e. The highest BCUT2D eigenvalue weighted by Gasteiger charge is 2.37. The van der Waals surface area contributed by atoms with Gasteiger partial charge in [0.05, 0.1) is 10.0 Å². The molecule has 1 aliphatic heterocycles. The molecule has 2 aromatic heterocycles. The van der Waals surface area contributed by atoms with Crippen molar-refractivity contribution in [2.75, 3.05) is 30.3 Å². The van der Waals surface area contributed by atoms with Crippen LogP contribution in [0.2, 0.25) is 10.0 Å². The van der Waals surface area contributed by atoms with Crippen LogP contribution < -0.4 is 25.4 Å². The Morgan fingerprint density at radius 1 is 1.00 bits per heavy atom. The van der Waals surface area contributed by atoms with Crippen molar-refractivity contribution in [1.82, 2.24) is 25.2 Å². The molecule has 3 heterocycles. The van der Waals surface area contributed by atoms with Crippen LogP contribution in [-0.2, 0) is 0 Å². The molecular formula is C32H37Cl2N7O3. The lowest BCUT2D eigenvalue weighted by Gasteiger charge is -2.26. The number of ether oxygens (including phenoxy) is 2. The molecule has 4 aromatic rings. The van der Waals surface area contributed by atoms with Gasteiger partial charge in [0, 0.05) is 59.9 Å². The average Bonchev–Trinajstić information content (AvgIpc) is 3.28. The highest BCUT2D eigenvalue weighted by Crippen LogP contribution is 2.43. The van der Waals surface area contributed by atoms with Crippen LogP contribution in [0.25, 0.3) is 22.2 Å². The molecule has 1 aliphatic rings. The van der Waals surface area contributed by atoms with Gasteiger partial charge >= 0.3 is 6.03 Å². The molecule has 0 bridgehead atoms. The summed E-state index contributed by atoms with van der Waals surface area (Å²) in [6.45, 7) is 14.7. The van der Waals surface area contributed by atoms with Crippen molar-refractivity contribution in [2.45, 2.75) is 59.3 Å². The Hall–Kier alpha value is -3.86. The van der Waals surface area contributed by atoms with E-state index in [1.54, 1.807) is 24.4 Å². The second kappa shape index (κ2) is 12.6. The number of aromatic nitrogens is 3. The van der Waals surface area contributed by atoms with Crippen LogP contribution in [0.4, 0.5) is 22.2 Å². The van der Waals surface area contributed by atoms with E-state index < -0.39 is 17.4 Å². The van der Waals surface area contributed by atoms with E-state index in [0.29, 0.717) is 49.7 Å². The molecule has 0 spiro atoms. The largest absolute Gasteiger partial charge is 0.449 e. The molecule has 10 nitrogen and oxygen atoms in total. The van der Waals surface area contributed by atoms with Crippen molar-refractivity contribution in [1.29, 1.82) is 0 Å². The SMILES string of the molecule is CCN(CC)CCC1(C)Oc2ccc(Nc3ncc4cc(-c5c(Cl)cccc5Cl)c(NC(=O)NC(C)(C)C)nc4n3)cc2O1. The fraction of sp³-hybridized carbons (Fsp3) is 0.375. The monoisotopic (exact) mass is 637 g/mol. The number of pyridine rings is 1. The van der Waals surface area contributed by atoms with Crippen LogP contribution in [0.5, 0.6) is 11.5 Å². The fourth-order valence-electron chi connectivity index (χ4n) is 4.91. The number of rotatable bonds is 9. The molecule has 44 heavy (non-hydrogen) atoms. The molecule has 2 amide bonds. The van der Waals surface area contributed by atoms with E-state index in [-0.39, 0.29) is 5.82 Å². The van der Waals surface area contributed by atoms with Gasteiger partial charge in [-0.3, -0.25) is 5.32 Å². The van der Waals surface area contributed by atoms with Gasteiger partial charge in [-0.2, -0.15) is 4.98 Å². The minimum Gasteiger partial charge on any atom is -0.449 e. The lowest BCUT2D eigenvalue weighted by atomic mass is 10.0. The van der Waals surface area contributed by atoms with E-state index in [1.807, 2.05) is 52.0 Å². The molecule has 0 saturated heterocycles. The van der Waals surface area contributed by atoms with Crippen LogP contribution in [0.1, 0.15) is 48.0 Å². The molecular weight excluding hydrogens is 601 g/mol. The summed E-state index contributed by atoms with van der Waals surface area (Å²) in [5, 5.41) is 10.4. The lowest BCUT2D eigenvalue weighted by Crippen LogP contribution is -2.43. The number of urea groups is 1. The number of fused-ring (bicyclic) bond motifs is 2. The van der Waals surface area contributed by atoms with Crippen molar-refractivity contribution >= 4 is 57.7 Å². The van der Waals surface area contributed by atoms with Crippen molar-refractivity contribution in [3.05, 3.63) is 58.7 Å². The maximum Gasteiger partial charge on any atom is 0.320 e.